The number of anilines is 1. The van der Waals surface area contributed by atoms with Crippen molar-refractivity contribution in [3.8, 4) is 6.07 Å². The summed E-state index contributed by atoms with van der Waals surface area (Å²) in [6.45, 7) is 5.44. The number of nitriles is 1. The topological polar surface area (TPSA) is 76.4 Å². The highest BCUT2D eigenvalue weighted by molar-refractivity contribution is 5.90. The summed E-state index contributed by atoms with van der Waals surface area (Å²) < 4.78 is 0. The molecule has 0 atom stereocenters. The third kappa shape index (κ3) is 5.65. The standard InChI is InChI=1S/C15H19N3O2/c1-2-8-18(10-11-19)9-7-15(20)17-14-5-3-13(12-16)4-6-14/h2-6,19H,1,7-11H2,(H,17,20). The lowest BCUT2D eigenvalue weighted by Gasteiger charge is -2.18. The predicted molar refractivity (Wildman–Crippen MR) is 78.1 cm³/mol. The van der Waals surface area contributed by atoms with Crippen LogP contribution in [0.25, 0.3) is 0 Å². The predicted octanol–water partition coefficient (Wildman–Crippen LogP) is 1.37. The van der Waals surface area contributed by atoms with Gasteiger partial charge in [0.1, 0.15) is 0 Å². The first kappa shape index (κ1) is 15.9. The average Bonchev–Trinajstić information content (AvgIpc) is 2.46. The van der Waals surface area contributed by atoms with Gasteiger partial charge in [-0.1, -0.05) is 6.08 Å². The number of hydrogen-bond donors (Lipinski definition) is 2. The van der Waals surface area contributed by atoms with Crippen molar-refractivity contribution < 1.29 is 9.90 Å². The number of amides is 1. The number of hydrogen-bond acceptors (Lipinski definition) is 4. The van der Waals surface area contributed by atoms with Gasteiger partial charge in [0, 0.05) is 31.7 Å². The van der Waals surface area contributed by atoms with E-state index in [1.165, 1.54) is 0 Å². The number of nitrogens with one attached hydrogen (secondary N) is 1. The van der Waals surface area contributed by atoms with E-state index in [0.29, 0.717) is 37.3 Å². The number of aliphatic hydroxyl groups excluding tert-OH is 1. The summed E-state index contributed by atoms with van der Waals surface area (Å²) in [4.78, 5) is 13.7. The Morgan fingerprint density at radius 2 is 2.10 bits per heavy atom. The average molecular weight is 273 g/mol. The number of nitrogens with zero attached hydrogens (tertiary/aromatic N) is 2. The lowest BCUT2D eigenvalue weighted by molar-refractivity contribution is -0.116. The van der Waals surface area contributed by atoms with Crippen LogP contribution in [0.2, 0.25) is 0 Å². The molecule has 0 saturated heterocycles. The molecule has 5 nitrogen and oxygen atoms in total. The van der Waals surface area contributed by atoms with Crippen LogP contribution < -0.4 is 5.32 Å². The van der Waals surface area contributed by atoms with Gasteiger partial charge in [-0.15, -0.1) is 6.58 Å². The van der Waals surface area contributed by atoms with Gasteiger partial charge >= 0.3 is 0 Å². The van der Waals surface area contributed by atoms with E-state index in [1.807, 2.05) is 11.0 Å². The quantitative estimate of drug-likeness (QED) is 0.701. The van der Waals surface area contributed by atoms with Gasteiger partial charge in [-0.3, -0.25) is 9.69 Å². The lowest BCUT2D eigenvalue weighted by atomic mass is 10.2. The van der Waals surface area contributed by atoms with Crippen molar-refractivity contribution in [3.05, 3.63) is 42.5 Å². The summed E-state index contributed by atoms with van der Waals surface area (Å²) in [5.74, 6) is -0.0956. The van der Waals surface area contributed by atoms with Crippen molar-refractivity contribution in [1.29, 1.82) is 5.26 Å². The highest BCUT2D eigenvalue weighted by atomic mass is 16.3. The molecule has 1 amide bonds. The lowest BCUT2D eigenvalue weighted by Crippen LogP contribution is -2.30. The Labute approximate surface area is 119 Å². The second-order valence-electron chi connectivity index (χ2n) is 4.30. The zero-order valence-electron chi connectivity index (χ0n) is 11.4. The minimum Gasteiger partial charge on any atom is -0.395 e. The van der Waals surface area contributed by atoms with E-state index >= 15 is 0 Å². The fourth-order valence-corrected chi connectivity index (χ4v) is 1.73. The van der Waals surface area contributed by atoms with Crippen LogP contribution >= 0.6 is 0 Å². The summed E-state index contributed by atoms with van der Waals surface area (Å²) in [5, 5.41) is 20.4. The molecule has 0 heterocycles. The number of benzene rings is 1. The Balaban J connectivity index is 2.42. The van der Waals surface area contributed by atoms with E-state index in [1.54, 1.807) is 30.3 Å². The molecule has 0 spiro atoms. The zero-order chi connectivity index (χ0) is 14.8. The smallest absolute Gasteiger partial charge is 0.225 e. The highest BCUT2D eigenvalue weighted by Crippen LogP contribution is 2.09. The van der Waals surface area contributed by atoms with E-state index < -0.39 is 0 Å². The SMILES string of the molecule is C=CCN(CCO)CCC(=O)Nc1ccc(C#N)cc1. The second kappa shape index (κ2) is 8.86. The van der Waals surface area contributed by atoms with Crippen LogP contribution in [0.15, 0.2) is 36.9 Å². The summed E-state index contributed by atoms with van der Waals surface area (Å²) in [6, 6.07) is 8.74. The van der Waals surface area contributed by atoms with Gasteiger partial charge in [0.05, 0.1) is 18.2 Å². The molecule has 0 aliphatic carbocycles. The Hall–Kier alpha value is -2.16. The maximum Gasteiger partial charge on any atom is 0.225 e. The number of rotatable bonds is 8. The highest BCUT2D eigenvalue weighted by Gasteiger charge is 2.07. The second-order valence-corrected chi connectivity index (χ2v) is 4.30. The molecule has 1 rings (SSSR count). The number of carbonyl (C=O) groups excluding carboxylic acids is 1. The van der Waals surface area contributed by atoms with Gasteiger partial charge in [0.15, 0.2) is 0 Å². The first-order valence-corrected chi connectivity index (χ1v) is 6.43. The van der Waals surface area contributed by atoms with E-state index in [4.69, 9.17) is 10.4 Å². The zero-order valence-corrected chi connectivity index (χ0v) is 11.4. The van der Waals surface area contributed by atoms with Crippen LogP contribution in [0.1, 0.15) is 12.0 Å². The first-order chi connectivity index (χ1) is 9.69. The maximum atomic E-state index is 11.8. The van der Waals surface area contributed by atoms with Crippen molar-refractivity contribution >= 4 is 11.6 Å². The summed E-state index contributed by atoms with van der Waals surface area (Å²) in [5.41, 5.74) is 1.23. The molecule has 0 aromatic heterocycles. The Kier molecular flexibility index (Phi) is 7.04. The van der Waals surface area contributed by atoms with Crippen LogP contribution in [0, 0.1) is 11.3 Å². The number of carbonyl (C=O) groups is 1. The minimum atomic E-state index is -0.0956. The van der Waals surface area contributed by atoms with Crippen LogP contribution in [-0.2, 0) is 4.79 Å². The Bertz CT molecular complexity index is 477. The third-order valence-electron chi connectivity index (χ3n) is 2.76. The van der Waals surface area contributed by atoms with E-state index in [2.05, 4.69) is 11.9 Å². The first-order valence-electron chi connectivity index (χ1n) is 6.43. The molecule has 0 fully saturated rings. The van der Waals surface area contributed by atoms with E-state index in [9.17, 15) is 4.79 Å². The molecule has 0 aliphatic heterocycles. The summed E-state index contributed by atoms with van der Waals surface area (Å²) >= 11 is 0. The van der Waals surface area contributed by atoms with E-state index in [0.717, 1.165) is 0 Å². The largest absolute Gasteiger partial charge is 0.395 e. The van der Waals surface area contributed by atoms with Crippen LogP contribution in [0.4, 0.5) is 5.69 Å². The van der Waals surface area contributed by atoms with Crippen molar-refractivity contribution in [2.45, 2.75) is 6.42 Å². The van der Waals surface area contributed by atoms with Crippen LogP contribution in [-0.4, -0.2) is 42.2 Å². The molecule has 2 N–H and O–H groups in total. The maximum absolute atomic E-state index is 11.8. The molecule has 1 aromatic rings. The van der Waals surface area contributed by atoms with E-state index in [-0.39, 0.29) is 12.5 Å². The molecule has 0 bridgehead atoms. The van der Waals surface area contributed by atoms with Crippen molar-refractivity contribution in [2.75, 3.05) is 31.6 Å². The molecule has 106 valence electrons. The third-order valence-corrected chi connectivity index (χ3v) is 2.76. The van der Waals surface area contributed by atoms with Crippen molar-refractivity contribution in [3.63, 3.8) is 0 Å². The van der Waals surface area contributed by atoms with Gasteiger partial charge in [0.2, 0.25) is 5.91 Å². The molecule has 0 unspecified atom stereocenters. The molecule has 1 aromatic carbocycles. The monoisotopic (exact) mass is 273 g/mol. The molecule has 0 radical (unpaired) electrons. The molecule has 0 saturated carbocycles. The van der Waals surface area contributed by atoms with Gasteiger partial charge in [-0.05, 0) is 24.3 Å². The van der Waals surface area contributed by atoms with Crippen LogP contribution in [0.3, 0.4) is 0 Å². The molecular formula is C15H19N3O2. The normalized spacial score (nSPS) is 10.1. The summed E-state index contributed by atoms with van der Waals surface area (Å²) in [6.07, 6.45) is 2.09. The molecule has 0 aliphatic rings. The van der Waals surface area contributed by atoms with Gasteiger partial charge in [0.25, 0.3) is 0 Å². The fraction of sp³-hybridized carbons (Fsp3) is 0.333. The molecule has 5 heteroatoms. The fourth-order valence-electron chi connectivity index (χ4n) is 1.73. The van der Waals surface area contributed by atoms with Crippen molar-refractivity contribution in [1.82, 2.24) is 4.90 Å². The van der Waals surface area contributed by atoms with Gasteiger partial charge in [-0.25, -0.2) is 0 Å². The number of aliphatic hydroxyl groups is 1. The van der Waals surface area contributed by atoms with Gasteiger partial charge < -0.3 is 10.4 Å². The van der Waals surface area contributed by atoms with Crippen molar-refractivity contribution in [2.24, 2.45) is 0 Å². The van der Waals surface area contributed by atoms with Crippen LogP contribution in [0.5, 0.6) is 0 Å². The Morgan fingerprint density at radius 3 is 2.65 bits per heavy atom. The van der Waals surface area contributed by atoms with Gasteiger partial charge in [-0.2, -0.15) is 5.26 Å². The summed E-state index contributed by atoms with van der Waals surface area (Å²) in [7, 11) is 0. The minimum absolute atomic E-state index is 0.0606. The Morgan fingerprint density at radius 1 is 1.40 bits per heavy atom. The molecular weight excluding hydrogens is 254 g/mol. The molecule has 20 heavy (non-hydrogen) atoms.